The maximum absolute atomic E-state index is 15.1. The van der Waals surface area contributed by atoms with E-state index in [1.165, 1.54) is 62.8 Å². The van der Waals surface area contributed by atoms with Crippen LogP contribution >= 0.6 is 0 Å². The van der Waals surface area contributed by atoms with Gasteiger partial charge >= 0.3 is 0 Å². The summed E-state index contributed by atoms with van der Waals surface area (Å²) in [5, 5.41) is 8.85. The van der Waals surface area contributed by atoms with Crippen molar-refractivity contribution in [1.82, 2.24) is 25.2 Å². The predicted octanol–water partition coefficient (Wildman–Crippen LogP) is 6.18. The maximum Gasteiger partial charge on any atom is 0.256 e. The highest BCUT2D eigenvalue weighted by Crippen LogP contribution is 2.54. The van der Waals surface area contributed by atoms with Crippen LogP contribution in [0.15, 0.2) is 61.3 Å². The molecule has 1 spiro atoms. The van der Waals surface area contributed by atoms with Crippen molar-refractivity contribution in [3.05, 3.63) is 72.6 Å². The molecule has 238 valence electrons. The zero-order valence-electron chi connectivity index (χ0n) is 25.5. The first-order chi connectivity index (χ1) is 21.6. The second-order valence-corrected chi connectivity index (χ2v) is 12.6. The lowest BCUT2D eigenvalue weighted by atomic mass is 9.71. The summed E-state index contributed by atoms with van der Waals surface area (Å²) in [6.07, 6.45) is 6.09. The van der Waals surface area contributed by atoms with Crippen LogP contribution in [0.3, 0.4) is 0 Å². The molecule has 4 heterocycles. The van der Waals surface area contributed by atoms with Crippen molar-refractivity contribution in [2.75, 3.05) is 55.3 Å². The first-order valence-electron chi connectivity index (χ1n) is 15.4. The van der Waals surface area contributed by atoms with Gasteiger partial charge in [0.25, 0.3) is 11.8 Å². The highest BCUT2D eigenvalue weighted by Gasteiger charge is 2.59. The molecule has 1 aromatic carbocycles. The number of anilines is 5. The molecule has 3 aromatic rings. The summed E-state index contributed by atoms with van der Waals surface area (Å²) in [6.45, 7) is 8.31. The average Bonchev–Trinajstić information content (AvgIpc) is 3.02. The molecule has 12 heteroatoms. The second-order valence-electron chi connectivity index (χ2n) is 12.6. The van der Waals surface area contributed by atoms with E-state index in [1.54, 1.807) is 12.1 Å². The van der Waals surface area contributed by atoms with E-state index in [0.717, 1.165) is 18.8 Å². The molecule has 0 bridgehead atoms. The lowest BCUT2D eigenvalue weighted by Gasteiger charge is -2.46. The summed E-state index contributed by atoms with van der Waals surface area (Å²) in [4.78, 5) is 30.8. The van der Waals surface area contributed by atoms with Crippen molar-refractivity contribution in [3.8, 4) is 0 Å². The number of amides is 1. The Labute approximate surface area is 261 Å². The number of piperidine rings is 2. The van der Waals surface area contributed by atoms with Gasteiger partial charge in [-0.05, 0) is 87.6 Å². The zero-order valence-corrected chi connectivity index (χ0v) is 25.5. The summed E-state index contributed by atoms with van der Waals surface area (Å²) < 4.78 is 42.0. The Hall–Kier alpha value is -4.19. The number of hydrogen-bond donors (Lipinski definition) is 3. The number of nitrogens with zero attached hydrogens (tertiary/aromatic N) is 5. The SMILES string of the molecule is C=CCNC(=O)c1cnc(Nc2ccc(N3CCC4(CCN(C)CC4)CC3)cc2)nc1Nc1cccc(C2(F)CC(F)(F)C2)n1. The van der Waals surface area contributed by atoms with Crippen molar-refractivity contribution < 1.29 is 18.0 Å². The normalized spacial score (nSPS) is 20.2. The van der Waals surface area contributed by atoms with Crippen LogP contribution in [0.4, 0.5) is 42.1 Å². The van der Waals surface area contributed by atoms with Crippen LogP contribution in [-0.2, 0) is 5.67 Å². The van der Waals surface area contributed by atoms with Crippen molar-refractivity contribution in [2.24, 2.45) is 5.41 Å². The van der Waals surface area contributed by atoms with Crippen LogP contribution in [0.1, 0.15) is 54.6 Å². The molecule has 0 atom stereocenters. The minimum absolute atomic E-state index is 0.0983. The Balaban J connectivity index is 1.16. The van der Waals surface area contributed by atoms with Crippen molar-refractivity contribution in [3.63, 3.8) is 0 Å². The number of pyridine rings is 1. The molecule has 0 radical (unpaired) electrons. The van der Waals surface area contributed by atoms with E-state index in [4.69, 9.17) is 0 Å². The number of likely N-dealkylation sites (tertiary alicyclic amines) is 1. The Morgan fingerprint density at radius 2 is 1.64 bits per heavy atom. The predicted molar refractivity (Wildman–Crippen MR) is 169 cm³/mol. The van der Waals surface area contributed by atoms with E-state index in [-0.39, 0.29) is 35.4 Å². The van der Waals surface area contributed by atoms with Gasteiger partial charge in [-0.25, -0.2) is 23.1 Å². The van der Waals surface area contributed by atoms with Gasteiger partial charge in [0.1, 0.15) is 17.2 Å². The fraction of sp³-hybridized carbons (Fsp3) is 0.455. The third-order valence-electron chi connectivity index (χ3n) is 9.33. The van der Waals surface area contributed by atoms with Crippen LogP contribution in [-0.4, -0.2) is 71.5 Å². The molecule has 0 unspecified atom stereocenters. The third kappa shape index (κ3) is 6.90. The van der Waals surface area contributed by atoms with E-state index in [1.807, 2.05) is 12.1 Å². The Kier molecular flexibility index (Phi) is 8.43. The fourth-order valence-corrected chi connectivity index (χ4v) is 6.50. The van der Waals surface area contributed by atoms with Gasteiger partial charge in [0, 0.05) is 37.2 Å². The summed E-state index contributed by atoms with van der Waals surface area (Å²) in [5.41, 5.74) is 0.238. The monoisotopic (exact) mass is 620 g/mol. The Bertz CT molecular complexity index is 1520. The fourth-order valence-electron chi connectivity index (χ4n) is 6.50. The number of hydrogen-bond acceptors (Lipinski definition) is 8. The molecule has 1 amide bonds. The van der Waals surface area contributed by atoms with E-state index in [2.05, 4.69) is 66.5 Å². The molecular formula is C33H39F3N8O. The quantitative estimate of drug-likeness (QED) is 0.244. The number of aromatic nitrogens is 3. The molecule has 2 aliphatic heterocycles. The largest absolute Gasteiger partial charge is 0.371 e. The smallest absolute Gasteiger partial charge is 0.256 e. The van der Waals surface area contributed by atoms with Crippen LogP contribution in [0.5, 0.6) is 0 Å². The Morgan fingerprint density at radius 3 is 2.31 bits per heavy atom. The van der Waals surface area contributed by atoms with Gasteiger partial charge in [0.2, 0.25) is 5.95 Å². The van der Waals surface area contributed by atoms with Gasteiger partial charge in [0.15, 0.2) is 5.67 Å². The first kappa shape index (κ1) is 30.8. The van der Waals surface area contributed by atoms with E-state index >= 15 is 4.39 Å². The topological polar surface area (TPSA) is 98.3 Å². The number of carbonyl (C=O) groups excluding carboxylic acids is 1. The highest BCUT2D eigenvalue weighted by molar-refractivity contribution is 5.99. The van der Waals surface area contributed by atoms with Crippen molar-refractivity contribution >= 4 is 34.9 Å². The zero-order chi connectivity index (χ0) is 31.7. The van der Waals surface area contributed by atoms with E-state index in [0.29, 0.717) is 5.41 Å². The first-order valence-corrected chi connectivity index (χ1v) is 15.4. The lowest BCUT2D eigenvalue weighted by molar-refractivity contribution is -0.176. The van der Waals surface area contributed by atoms with Gasteiger partial charge in [0.05, 0.1) is 18.5 Å². The molecular weight excluding hydrogens is 581 g/mol. The van der Waals surface area contributed by atoms with Crippen LogP contribution < -0.4 is 20.9 Å². The molecule has 3 aliphatic rings. The van der Waals surface area contributed by atoms with E-state index in [9.17, 15) is 13.6 Å². The minimum atomic E-state index is -3.05. The number of carbonyl (C=O) groups is 1. The lowest BCUT2D eigenvalue weighted by Crippen LogP contribution is -2.46. The summed E-state index contributed by atoms with van der Waals surface area (Å²) in [5.74, 6) is -2.99. The summed E-state index contributed by atoms with van der Waals surface area (Å²) in [6, 6.07) is 12.6. The summed E-state index contributed by atoms with van der Waals surface area (Å²) >= 11 is 0. The molecule has 45 heavy (non-hydrogen) atoms. The van der Waals surface area contributed by atoms with Gasteiger partial charge in [-0.3, -0.25) is 4.79 Å². The molecule has 9 nitrogen and oxygen atoms in total. The minimum Gasteiger partial charge on any atom is -0.371 e. The molecule has 2 aromatic heterocycles. The van der Waals surface area contributed by atoms with Gasteiger partial charge in [-0.1, -0.05) is 12.1 Å². The number of nitrogens with one attached hydrogen (secondary N) is 3. The standard InChI is InChI=1S/C33H39F3N8O/c1-3-15-37-29(45)25-20-38-30(42-28(25)41-27-6-4-5-26(40-27)32(34)21-33(35,36)22-32)39-23-7-9-24(10-8-23)44-18-13-31(14-19-44)11-16-43(2)17-12-31/h3-10,20H,1,11-19,21-22H2,2H3,(H,37,45)(H2,38,39,40,41,42). The van der Waals surface area contributed by atoms with Gasteiger partial charge in [-0.15, -0.1) is 6.58 Å². The third-order valence-corrected chi connectivity index (χ3v) is 9.33. The van der Waals surface area contributed by atoms with Crippen LogP contribution in [0.2, 0.25) is 0 Å². The second kappa shape index (κ2) is 12.3. The number of halogens is 3. The molecule has 1 aliphatic carbocycles. The van der Waals surface area contributed by atoms with E-state index < -0.39 is 30.3 Å². The molecule has 3 fully saturated rings. The van der Waals surface area contributed by atoms with Crippen molar-refractivity contribution in [1.29, 1.82) is 0 Å². The highest BCUT2D eigenvalue weighted by atomic mass is 19.3. The molecule has 3 N–H and O–H groups in total. The van der Waals surface area contributed by atoms with Crippen molar-refractivity contribution in [2.45, 2.75) is 50.1 Å². The van der Waals surface area contributed by atoms with Gasteiger partial charge < -0.3 is 25.8 Å². The van der Waals surface area contributed by atoms with Crippen LogP contribution in [0, 0.1) is 5.41 Å². The Morgan fingerprint density at radius 1 is 0.956 bits per heavy atom. The molecule has 2 saturated heterocycles. The number of benzene rings is 1. The van der Waals surface area contributed by atoms with Gasteiger partial charge in [-0.2, -0.15) is 4.98 Å². The number of alkyl halides is 3. The van der Waals surface area contributed by atoms with Crippen LogP contribution in [0.25, 0.3) is 0 Å². The summed E-state index contributed by atoms with van der Waals surface area (Å²) in [7, 11) is 2.20. The number of rotatable bonds is 9. The average molecular weight is 621 g/mol. The molecule has 6 rings (SSSR count). The molecule has 1 saturated carbocycles. The maximum atomic E-state index is 15.1.